The Kier molecular flexibility index (Phi) is 7.66. The summed E-state index contributed by atoms with van der Waals surface area (Å²) >= 11 is 9.85. The standard InChI is InChI=1S/C29H28ClN3O3S2/c1-4-31-23-14-20(30)8-12-25(23)37-27(31)16-28-32(5-2)24-15-22(11-13-26(24)38-28)33(18(3)29(35)36)21-9-6-19(17-34)7-10-21/h6-18,27H,4-5H2,1-3H3,(H,35,36)/b28-16-. The average molecular weight is 566 g/mol. The van der Waals surface area contributed by atoms with E-state index >= 15 is 0 Å². The van der Waals surface area contributed by atoms with Crippen LogP contribution in [0.3, 0.4) is 0 Å². The number of anilines is 4. The van der Waals surface area contributed by atoms with Gasteiger partial charge in [-0.25, -0.2) is 4.79 Å². The van der Waals surface area contributed by atoms with Gasteiger partial charge in [-0.15, -0.1) is 0 Å². The molecule has 6 nitrogen and oxygen atoms in total. The van der Waals surface area contributed by atoms with Gasteiger partial charge in [0.2, 0.25) is 0 Å². The highest BCUT2D eigenvalue weighted by Gasteiger charge is 2.32. The van der Waals surface area contributed by atoms with Crippen molar-refractivity contribution in [2.24, 2.45) is 0 Å². The van der Waals surface area contributed by atoms with Crippen LogP contribution in [0.25, 0.3) is 0 Å². The van der Waals surface area contributed by atoms with Gasteiger partial charge in [0.1, 0.15) is 17.7 Å². The number of rotatable bonds is 8. The van der Waals surface area contributed by atoms with E-state index in [1.807, 2.05) is 30.0 Å². The Morgan fingerprint density at radius 3 is 2.39 bits per heavy atom. The second kappa shape index (κ2) is 11.0. The van der Waals surface area contributed by atoms with E-state index < -0.39 is 12.0 Å². The smallest absolute Gasteiger partial charge is 0.326 e. The van der Waals surface area contributed by atoms with Gasteiger partial charge in [-0.2, -0.15) is 0 Å². The van der Waals surface area contributed by atoms with Crippen LogP contribution in [0.15, 0.2) is 81.6 Å². The van der Waals surface area contributed by atoms with Gasteiger partial charge in [-0.05, 0) is 87.5 Å². The predicted octanol–water partition coefficient (Wildman–Crippen LogP) is 7.50. The zero-order valence-electron chi connectivity index (χ0n) is 21.3. The largest absolute Gasteiger partial charge is 0.480 e. The van der Waals surface area contributed by atoms with Crippen LogP contribution in [0.1, 0.15) is 31.1 Å². The zero-order valence-corrected chi connectivity index (χ0v) is 23.7. The van der Waals surface area contributed by atoms with Crippen molar-refractivity contribution in [3.05, 3.63) is 82.4 Å². The van der Waals surface area contributed by atoms with Crippen LogP contribution < -0.4 is 14.7 Å². The molecule has 0 amide bonds. The summed E-state index contributed by atoms with van der Waals surface area (Å²) in [7, 11) is 0. The van der Waals surface area contributed by atoms with Crippen molar-refractivity contribution in [2.75, 3.05) is 27.8 Å². The SMILES string of the molecule is CCN1/C(=C/C2Sc3ccc(Cl)cc3N2CC)Sc2ccc(N(c3ccc(C=O)cc3)C(C)C(=O)O)cc21. The second-order valence-corrected chi connectivity index (χ2v) is 11.7. The van der Waals surface area contributed by atoms with Crippen LogP contribution in [-0.2, 0) is 4.79 Å². The van der Waals surface area contributed by atoms with Gasteiger partial charge in [0.25, 0.3) is 0 Å². The number of hydrogen-bond donors (Lipinski definition) is 1. The van der Waals surface area contributed by atoms with Crippen LogP contribution in [0.5, 0.6) is 0 Å². The number of carboxylic acid groups (broad SMARTS) is 1. The molecule has 2 unspecified atom stereocenters. The van der Waals surface area contributed by atoms with Crippen LogP contribution in [0, 0.1) is 0 Å². The summed E-state index contributed by atoms with van der Waals surface area (Å²) < 4.78 is 0. The number of likely N-dealkylation sites (N-methyl/N-ethyl adjacent to an activating group) is 1. The number of thioether (sulfide) groups is 2. The summed E-state index contributed by atoms with van der Waals surface area (Å²) in [5.74, 6) is -0.926. The molecule has 0 aliphatic carbocycles. The van der Waals surface area contributed by atoms with E-state index in [4.69, 9.17) is 11.6 Å². The molecule has 38 heavy (non-hydrogen) atoms. The Balaban J connectivity index is 1.49. The summed E-state index contributed by atoms with van der Waals surface area (Å²) in [6, 6.07) is 18.3. The molecule has 0 bridgehead atoms. The third-order valence-corrected chi connectivity index (χ3v) is 9.37. The summed E-state index contributed by atoms with van der Waals surface area (Å²) in [4.78, 5) is 32.0. The van der Waals surface area contributed by atoms with Gasteiger partial charge in [-0.1, -0.05) is 35.1 Å². The lowest BCUT2D eigenvalue weighted by molar-refractivity contribution is -0.138. The van der Waals surface area contributed by atoms with Crippen LogP contribution in [-0.4, -0.2) is 41.9 Å². The Hall–Kier alpha value is -3.07. The lowest BCUT2D eigenvalue weighted by Crippen LogP contribution is -2.35. The highest BCUT2D eigenvalue weighted by Crippen LogP contribution is 2.51. The van der Waals surface area contributed by atoms with Crippen molar-refractivity contribution in [1.82, 2.24) is 0 Å². The molecule has 0 saturated heterocycles. The van der Waals surface area contributed by atoms with Crippen molar-refractivity contribution in [3.8, 4) is 0 Å². The van der Waals surface area contributed by atoms with Crippen molar-refractivity contribution in [3.63, 3.8) is 0 Å². The molecular formula is C29H28ClN3O3S2. The molecule has 0 spiro atoms. The first kappa shape index (κ1) is 26.5. The van der Waals surface area contributed by atoms with E-state index in [0.717, 1.165) is 51.4 Å². The molecule has 9 heteroatoms. The number of carboxylic acids is 1. The van der Waals surface area contributed by atoms with Crippen molar-refractivity contribution in [1.29, 1.82) is 0 Å². The van der Waals surface area contributed by atoms with Gasteiger partial charge in [0, 0.05) is 44.8 Å². The topological polar surface area (TPSA) is 64.1 Å². The van der Waals surface area contributed by atoms with E-state index in [0.29, 0.717) is 11.3 Å². The number of carbonyl (C=O) groups is 2. The number of halogens is 1. The molecule has 2 atom stereocenters. The fourth-order valence-electron chi connectivity index (χ4n) is 4.85. The van der Waals surface area contributed by atoms with Crippen LogP contribution in [0.2, 0.25) is 5.02 Å². The maximum absolute atomic E-state index is 12.0. The number of nitrogens with zero attached hydrogens (tertiary/aromatic N) is 3. The Morgan fingerprint density at radius 1 is 1.03 bits per heavy atom. The van der Waals surface area contributed by atoms with E-state index in [-0.39, 0.29) is 5.37 Å². The molecule has 2 aliphatic rings. The number of fused-ring (bicyclic) bond motifs is 2. The maximum atomic E-state index is 12.0. The molecule has 2 heterocycles. The molecule has 0 saturated carbocycles. The number of aldehydes is 1. The fraction of sp³-hybridized carbons (Fsp3) is 0.241. The Morgan fingerprint density at radius 2 is 1.74 bits per heavy atom. The molecule has 1 N–H and O–H groups in total. The quantitative estimate of drug-likeness (QED) is 0.282. The van der Waals surface area contributed by atoms with E-state index in [1.165, 1.54) is 4.90 Å². The van der Waals surface area contributed by atoms with Gasteiger partial charge in [0.15, 0.2) is 0 Å². The van der Waals surface area contributed by atoms with E-state index in [1.54, 1.807) is 47.9 Å². The first-order valence-corrected chi connectivity index (χ1v) is 14.5. The third kappa shape index (κ3) is 4.88. The number of hydrogen-bond acceptors (Lipinski definition) is 7. The third-order valence-electron chi connectivity index (χ3n) is 6.77. The highest BCUT2D eigenvalue weighted by atomic mass is 35.5. The summed E-state index contributed by atoms with van der Waals surface area (Å²) in [5, 5.41) is 11.9. The number of benzene rings is 3. The van der Waals surface area contributed by atoms with E-state index in [9.17, 15) is 14.7 Å². The molecular weight excluding hydrogens is 538 g/mol. The zero-order chi connectivity index (χ0) is 27.0. The lowest BCUT2D eigenvalue weighted by Gasteiger charge is -2.30. The fourth-order valence-corrected chi connectivity index (χ4v) is 7.56. The lowest BCUT2D eigenvalue weighted by atomic mass is 10.1. The number of aliphatic carboxylic acids is 1. The molecule has 3 aromatic carbocycles. The average Bonchev–Trinajstić information content (AvgIpc) is 3.44. The highest BCUT2D eigenvalue weighted by molar-refractivity contribution is 8.04. The Labute approximate surface area is 236 Å². The van der Waals surface area contributed by atoms with Crippen LogP contribution >= 0.6 is 35.1 Å². The van der Waals surface area contributed by atoms with Gasteiger partial charge < -0.3 is 19.8 Å². The first-order valence-electron chi connectivity index (χ1n) is 12.5. The van der Waals surface area contributed by atoms with E-state index in [2.05, 4.69) is 47.9 Å². The summed E-state index contributed by atoms with van der Waals surface area (Å²) in [6.07, 6.45) is 3.09. The van der Waals surface area contributed by atoms with Crippen molar-refractivity contribution >= 4 is 70.1 Å². The normalized spacial score (nSPS) is 17.9. The van der Waals surface area contributed by atoms with Crippen molar-refractivity contribution < 1.29 is 14.7 Å². The molecule has 196 valence electrons. The predicted molar refractivity (Wildman–Crippen MR) is 159 cm³/mol. The minimum atomic E-state index is -0.926. The molecule has 0 aromatic heterocycles. The van der Waals surface area contributed by atoms with Gasteiger partial charge in [0.05, 0.1) is 16.4 Å². The first-order chi connectivity index (χ1) is 18.3. The van der Waals surface area contributed by atoms with Crippen LogP contribution in [0.4, 0.5) is 22.7 Å². The minimum Gasteiger partial charge on any atom is -0.480 e. The molecule has 3 aromatic rings. The molecule has 5 rings (SSSR count). The summed E-state index contributed by atoms with van der Waals surface area (Å²) in [5.41, 5.74) is 4.26. The molecule has 0 radical (unpaired) electrons. The monoisotopic (exact) mass is 565 g/mol. The van der Waals surface area contributed by atoms with Crippen molar-refractivity contribution in [2.45, 2.75) is 42.0 Å². The summed E-state index contributed by atoms with van der Waals surface area (Å²) in [6.45, 7) is 7.59. The second-order valence-electron chi connectivity index (χ2n) is 9.00. The molecule has 0 fully saturated rings. The minimum absolute atomic E-state index is 0.152. The molecule has 2 aliphatic heterocycles. The maximum Gasteiger partial charge on any atom is 0.326 e. The Bertz CT molecular complexity index is 1410. The van der Waals surface area contributed by atoms with Gasteiger partial charge >= 0.3 is 5.97 Å². The number of carbonyl (C=O) groups excluding carboxylic acids is 1. The van der Waals surface area contributed by atoms with Gasteiger partial charge in [-0.3, -0.25) is 4.79 Å².